The molecule has 1 heterocycles. The molecule has 3 nitrogen and oxygen atoms in total. The summed E-state index contributed by atoms with van der Waals surface area (Å²) in [6, 6.07) is 4.36. The summed E-state index contributed by atoms with van der Waals surface area (Å²) in [5.41, 5.74) is 0.423. The van der Waals surface area contributed by atoms with Gasteiger partial charge in [0, 0.05) is 5.56 Å². The third kappa shape index (κ3) is 2.36. The van der Waals surface area contributed by atoms with Gasteiger partial charge >= 0.3 is 0 Å². The van der Waals surface area contributed by atoms with E-state index in [0.717, 1.165) is 0 Å². The van der Waals surface area contributed by atoms with Crippen molar-refractivity contribution in [2.75, 3.05) is 7.11 Å². The van der Waals surface area contributed by atoms with Crippen molar-refractivity contribution in [3.63, 3.8) is 0 Å². The van der Waals surface area contributed by atoms with E-state index in [1.54, 1.807) is 6.07 Å². The van der Waals surface area contributed by atoms with E-state index in [0.29, 0.717) is 9.39 Å². The molecule has 0 unspecified atom stereocenters. The van der Waals surface area contributed by atoms with Crippen LogP contribution in [0.15, 0.2) is 24.5 Å². The maximum absolute atomic E-state index is 13.7. The lowest BCUT2D eigenvalue weighted by Gasteiger charge is -2.07. The molecule has 6 heteroatoms. The van der Waals surface area contributed by atoms with Gasteiger partial charge in [-0.3, -0.25) is 0 Å². The fourth-order valence-corrected chi connectivity index (χ4v) is 1.79. The first-order valence-corrected chi connectivity index (χ1v) is 5.71. The predicted octanol–water partition coefficient (Wildman–Crippen LogP) is 3.04. The minimum Gasteiger partial charge on any atom is -0.494 e. The lowest BCUT2D eigenvalue weighted by atomic mass is 10.1. The van der Waals surface area contributed by atoms with Gasteiger partial charge in [0.2, 0.25) is 5.82 Å². The molecule has 2 rings (SSSR count). The van der Waals surface area contributed by atoms with Crippen molar-refractivity contribution in [3.05, 3.63) is 39.9 Å². The second kappa shape index (κ2) is 4.91. The zero-order valence-electron chi connectivity index (χ0n) is 8.75. The molecule has 0 aliphatic heterocycles. The summed E-state index contributed by atoms with van der Waals surface area (Å²) in [4.78, 5) is 7.79. The van der Waals surface area contributed by atoms with E-state index >= 15 is 0 Å². The Morgan fingerprint density at radius 3 is 2.59 bits per heavy atom. The average Bonchev–Trinajstić information content (AvgIpc) is 2.32. The zero-order valence-corrected chi connectivity index (χ0v) is 10.9. The number of rotatable bonds is 2. The minimum atomic E-state index is -1.02. The van der Waals surface area contributed by atoms with E-state index in [2.05, 4.69) is 9.97 Å². The molecular formula is C11H7F2IN2O. The number of nitrogens with zero attached hydrogens (tertiary/aromatic N) is 2. The van der Waals surface area contributed by atoms with Crippen molar-refractivity contribution < 1.29 is 13.5 Å². The van der Waals surface area contributed by atoms with Crippen LogP contribution >= 0.6 is 22.6 Å². The third-order valence-electron chi connectivity index (χ3n) is 2.18. The molecule has 1 aromatic heterocycles. The Hall–Kier alpha value is -1.31. The molecule has 0 atom stereocenters. The summed E-state index contributed by atoms with van der Waals surface area (Å²) in [6.45, 7) is 0. The fourth-order valence-electron chi connectivity index (χ4n) is 1.37. The van der Waals surface area contributed by atoms with Crippen molar-refractivity contribution in [3.8, 4) is 17.0 Å². The molecule has 0 fully saturated rings. The van der Waals surface area contributed by atoms with E-state index in [1.165, 1.54) is 25.6 Å². The van der Waals surface area contributed by atoms with Crippen LogP contribution in [0, 0.1) is 15.3 Å². The zero-order chi connectivity index (χ0) is 12.4. The van der Waals surface area contributed by atoms with Gasteiger partial charge in [-0.2, -0.15) is 4.39 Å². The molecule has 0 amide bonds. The molecule has 1 aromatic carbocycles. The summed E-state index contributed by atoms with van der Waals surface area (Å²) < 4.78 is 32.6. The predicted molar refractivity (Wildman–Crippen MR) is 66.7 cm³/mol. The number of benzene rings is 1. The molecule has 0 aliphatic rings. The standard InChI is InChI=1S/C11H7F2IN2O/c1-17-8-3-2-6(10(12)11(8)13)7-4-9(14)16-5-15-7/h2-5H,1H3. The Morgan fingerprint density at radius 1 is 1.18 bits per heavy atom. The second-order valence-electron chi connectivity index (χ2n) is 3.17. The van der Waals surface area contributed by atoms with Gasteiger partial charge in [0.15, 0.2) is 11.6 Å². The lowest BCUT2D eigenvalue weighted by molar-refractivity contribution is 0.372. The van der Waals surface area contributed by atoms with Gasteiger partial charge in [-0.1, -0.05) is 0 Å². The van der Waals surface area contributed by atoms with Crippen molar-refractivity contribution >= 4 is 22.6 Å². The van der Waals surface area contributed by atoms with Crippen molar-refractivity contribution in [1.82, 2.24) is 9.97 Å². The van der Waals surface area contributed by atoms with Crippen LogP contribution in [0.25, 0.3) is 11.3 Å². The van der Waals surface area contributed by atoms with Gasteiger partial charge < -0.3 is 4.74 Å². The number of hydrogen-bond donors (Lipinski definition) is 0. The van der Waals surface area contributed by atoms with Crippen LogP contribution in [0.5, 0.6) is 5.75 Å². The van der Waals surface area contributed by atoms with Crippen LogP contribution in [0.1, 0.15) is 0 Å². The van der Waals surface area contributed by atoms with Gasteiger partial charge in [0.05, 0.1) is 12.8 Å². The Bertz CT molecular complexity index is 563. The molecule has 0 spiro atoms. The number of hydrogen-bond acceptors (Lipinski definition) is 3. The summed E-state index contributed by atoms with van der Waals surface area (Å²) in [5, 5.41) is 0. The molecule has 0 saturated heterocycles. The minimum absolute atomic E-state index is 0.0867. The van der Waals surface area contributed by atoms with Crippen LogP contribution in [-0.4, -0.2) is 17.1 Å². The van der Waals surface area contributed by atoms with Gasteiger partial charge in [-0.25, -0.2) is 14.4 Å². The lowest BCUT2D eigenvalue weighted by Crippen LogP contribution is -1.97. The summed E-state index contributed by atoms with van der Waals surface area (Å²) >= 11 is 1.97. The molecule has 0 radical (unpaired) electrons. The number of methoxy groups -OCH3 is 1. The van der Waals surface area contributed by atoms with E-state index < -0.39 is 11.6 Å². The maximum Gasteiger partial charge on any atom is 0.201 e. The second-order valence-corrected chi connectivity index (χ2v) is 4.27. The maximum atomic E-state index is 13.7. The first-order valence-electron chi connectivity index (χ1n) is 4.63. The Morgan fingerprint density at radius 2 is 1.94 bits per heavy atom. The Labute approximate surface area is 110 Å². The highest BCUT2D eigenvalue weighted by atomic mass is 127. The van der Waals surface area contributed by atoms with Crippen molar-refractivity contribution in [2.45, 2.75) is 0 Å². The number of aromatic nitrogens is 2. The van der Waals surface area contributed by atoms with Gasteiger partial charge in [-0.15, -0.1) is 0 Å². The highest BCUT2D eigenvalue weighted by Gasteiger charge is 2.16. The SMILES string of the molecule is COc1ccc(-c2cc(I)ncn2)c(F)c1F. The monoisotopic (exact) mass is 348 g/mol. The highest BCUT2D eigenvalue weighted by molar-refractivity contribution is 14.1. The van der Waals surface area contributed by atoms with Crippen molar-refractivity contribution in [1.29, 1.82) is 0 Å². The molecule has 0 saturated carbocycles. The first kappa shape index (κ1) is 12.2. The van der Waals surface area contributed by atoms with Crippen LogP contribution in [-0.2, 0) is 0 Å². The van der Waals surface area contributed by atoms with E-state index in [1.807, 2.05) is 22.6 Å². The van der Waals surface area contributed by atoms with Gasteiger partial charge in [-0.05, 0) is 40.8 Å². The van der Waals surface area contributed by atoms with Crippen molar-refractivity contribution in [2.24, 2.45) is 0 Å². The van der Waals surface area contributed by atoms with Crippen LogP contribution < -0.4 is 4.74 Å². The molecule has 2 aromatic rings. The molecule has 17 heavy (non-hydrogen) atoms. The first-order chi connectivity index (χ1) is 8.13. The van der Waals surface area contributed by atoms with E-state index in [4.69, 9.17) is 4.74 Å². The molecule has 0 bridgehead atoms. The average molecular weight is 348 g/mol. The summed E-state index contributed by atoms with van der Waals surface area (Å²) in [5.74, 6) is -2.12. The van der Waals surface area contributed by atoms with Crippen LogP contribution in [0.3, 0.4) is 0 Å². The highest BCUT2D eigenvalue weighted by Crippen LogP contribution is 2.28. The molecule has 0 N–H and O–H groups in total. The van der Waals surface area contributed by atoms with Gasteiger partial charge in [0.1, 0.15) is 10.0 Å². The number of ether oxygens (including phenoxy) is 1. The third-order valence-corrected chi connectivity index (χ3v) is 2.77. The van der Waals surface area contributed by atoms with E-state index in [-0.39, 0.29) is 11.3 Å². The Kier molecular flexibility index (Phi) is 3.51. The summed E-state index contributed by atoms with van der Waals surface area (Å²) in [6.07, 6.45) is 1.30. The Balaban J connectivity index is 2.57. The van der Waals surface area contributed by atoms with Gasteiger partial charge in [0.25, 0.3) is 0 Å². The summed E-state index contributed by atoms with van der Waals surface area (Å²) in [7, 11) is 1.28. The smallest absolute Gasteiger partial charge is 0.201 e. The van der Waals surface area contributed by atoms with E-state index in [9.17, 15) is 8.78 Å². The topological polar surface area (TPSA) is 35.0 Å². The quantitative estimate of drug-likeness (QED) is 0.618. The van der Waals surface area contributed by atoms with Crippen LogP contribution in [0.4, 0.5) is 8.78 Å². The normalized spacial score (nSPS) is 10.4. The largest absolute Gasteiger partial charge is 0.494 e. The number of halogens is 3. The van der Waals surface area contributed by atoms with Crippen LogP contribution in [0.2, 0.25) is 0 Å². The fraction of sp³-hybridized carbons (Fsp3) is 0.0909. The molecule has 0 aliphatic carbocycles. The molecule has 88 valence electrons. The molecular weight excluding hydrogens is 341 g/mol.